The molecule has 0 aromatic carbocycles. The number of carbonyl (C=O) groups is 1. The molecule has 2 N–H and O–H groups in total. The lowest BCUT2D eigenvalue weighted by molar-refractivity contribution is -0.128. The molecule has 1 saturated heterocycles. The van der Waals surface area contributed by atoms with E-state index >= 15 is 0 Å². The van der Waals surface area contributed by atoms with E-state index in [2.05, 4.69) is 15.2 Å². The van der Waals surface area contributed by atoms with E-state index in [1.807, 2.05) is 17.0 Å². The highest BCUT2D eigenvalue weighted by Gasteiger charge is 2.18. The van der Waals surface area contributed by atoms with Gasteiger partial charge in [-0.25, -0.2) is 4.68 Å². The Kier molecular flexibility index (Phi) is 5.68. The molecular weight excluding hydrogens is 324 g/mol. The Balaban J connectivity index is 1.60. The largest absolute Gasteiger partial charge is 0.342 e. The van der Waals surface area contributed by atoms with Gasteiger partial charge in [0, 0.05) is 31.0 Å². The SMILES string of the molecule is Nn1c(SCC(=O)N2CCCCCCC2)nnc1-c1cccnc1. The van der Waals surface area contributed by atoms with Crippen LogP contribution in [0.4, 0.5) is 0 Å². The van der Waals surface area contributed by atoms with Crippen molar-refractivity contribution in [2.75, 3.05) is 24.7 Å². The van der Waals surface area contributed by atoms with Crippen LogP contribution >= 0.6 is 11.8 Å². The summed E-state index contributed by atoms with van der Waals surface area (Å²) in [4.78, 5) is 18.4. The van der Waals surface area contributed by atoms with Gasteiger partial charge in [-0.15, -0.1) is 10.2 Å². The Morgan fingerprint density at radius 3 is 2.62 bits per heavy atom. The molecule has 2 aromatic heterocycles. The predicted octanol–water partition coefficient (Wildman–Crippen LogP) is 1.94. The van der Waals surface area contributed by atoms with Crippen molar-refractivity contribution < 1.29 is 4.79 Å². The minimum absolute atomic E-state index is 0.146. The molecule has 8 heteroatoms. The number of pyridine rings is 1. The van der Waals surface area contributed by atoms with Crippen molar-refractivity contribution in [3.8, 4) is 11.4 Å². The smallest absolute Gasteiger partial charge is 0.233 e. The summed E-state index contributed by atoms with van der Waals surface area (Å²) in [6.07, 6.45) is 9.27. The molecule has 0 unspecified atom stereocenters. The zero-order chi connectivity index (χ0) is 16.8. The molecule has 7 nitrogen and oxygen atoms in total. The number of thioether (sulfide) groups is 1. The van der Waals surface area contributed by atoms with Crippen LogP contribution in [-0.4, -0.2) is 49.5 Å². The van der Waals surface area contributed by atoms with Gasteiger partial charge in [0.1, 0.15) is 0 Å². The van der Waals surface area contributed by atoms with Crippen molar-refractivity contribution in [1.82, 2.24) is 24.8 Å². The maximum absolute atomic E-state index is 12.4. The second kappa shape index (κ2) is 8.14. The summed E-state index contributed by atoms with van der Waals surface area (Å²) in [5, 5.41) is 8.74. The molecule has 3 heterocycles. The van der Waals surface area contributed by atoms with Gasteiger partial charge in [0.2, 0.25) is 11.1 Å². The molecule has 0 radical (unpaired) electrons. The van der Waals surface area contributed by atoms with Crippen LogP contribution in [0.25, 0.3) is 11.4 Å². The maximum atomic E-state index is 12.4. The van der Waals surface area contributed by atoms with Crippen molar-refractivity contribution in [1.29, 1.82) is 0 Å². The zero-order valence-corrected chi connectivity index (χ0v) is 14.4. The Hall–Kier alpha value is -2.09. The Labute approximate surface area is 145 Å². The summed E-state index contributed by atoms with van der Waals surface area (Å²) in [5.41, 5.74) is 0.800. The molecule has 3 rings (SSSR count). The van der Waals surface area contributed by atoms with Gasteiger partial charge in [0.25, 0.3) is 0 Å². The highest BCUT2D eigenvalue weighted by molar-refractivity contribution is 7.99. The third kappa shape index (κ3) is 4.05. The van der Waals surface area contributed by atoms with Crippen LogP contribution in [0.3, 0.4) is 0 Å². The van der Waals surface area contributed by atoms with Gasteiger partial charge in [0.15, 0.2) is 5.82 Å². The van der Waals surface area contributed by atoms with Crippen LogP contribution in [0.15, 0.2) is 29.7 Å². The van der Waals surface area contributed by atoms with Gasteiger partial charge in [-0.1, -0.05) is 31.0 Å². The second-order valence-corrected chi connectivity index (χ2v) is 6.80. The van der Waals surface area contributed by atoms with Gasteiger partial charge in [-0.3, -0.25) is 9.78 Å². The van der Waals surface area contributed by atoms with E-state index in [1.54, 1.807) is 12.4 Å². The fourth-order valence-corrected chi connectivity index (χ4v) is 3.54. The Bertz CT molecular complexity index is 666. The van der Waals surface area contributed by atoms with Crippen molar-refractivity contribution in [3.63, 3.8) is 0 Å². The lowest BCUT2D eigenvalue weighted by Gasteiger charge is -2.24. The molecule has 0 saturated carbocycles. The van der Waals surface area contributed by atoms with Crippen molar-refractivity contribution in [2.24, 2.45) is 0 Å². The molecule has 1 fully saturated rings. The minimum Gasteiger partial charge on any atom is -0.342 e. The van der Waals surface area contributed by atoms with Crippen LogP contribution in [-0.2, 0) is 4.79 Å². The number of hydrogen-bond acceptors (Lipinski definition) is 6. The maximum Gasteiger partial charge on any atom is 0.233 e. The van der Waals surface area contributed by atoms with Crippen LogP contribution in [0.1, 0.15) is 32.1 Å². The first kappa shape index (κ1) is 16.8. The molecule has 0 atom stereocenters. The lowest BCUT2D eigenvalue weighted by atomic mass is 10.1. The van der Waals surface area contributed by atoms with Gasteiger partial charge >= 0.3 is 0 Å². The lowest BCUT2D eigenvalue weighted by Crippen LogP contribution is -2.35. The van der Waals surface area contributed by atoms with Gasteiger partial charge < -0.3 is 10.7 Å². The molecule has 128 valence electrons. The van der Waals surface area contributed by atoms with Crippen LogP contribution in [0.2, 0.25) is 0 Å². The van der Waals surface area contributed by atoms with Crippen LogP contribution < -0.4 is 5.84 Å². The summed E-state index contributed by atoms with van der Waals surface area (Å²) in [6, 6.07) is 3.70. The number of hydrogen-bond donors (Lipinski definition) is 1. The van der Waals surface area contributed by atoms with Crippen molar-refractivity contribution in [3.05, 3.63) is 24.5 Å². The van der Waals surface area contributed by atoms with Crippen LogP contribution in [0.5, 0.6) is 0 Å². The summed E-state index contributed by atoms with van der Waals surface area (Å²) in [7, 11) is 0. The predicted molar refractivity (Wildman–Crippen MR) is 93.8 cm³/mol. The molecule has 2 aromatic rings. The van der Waals surface area contributed by atoms with Gasteiger partial charge in [0.05, 0.1) is 5.75 Å². The van der Waals surface area contributed by atoms with E-state index in [0.29, 0.717) is 16.7 Å². The topological polar surface area (TPSA) is 89.9 Å². The third-order valence-electron chi connectivity index (χ3n) is 4.12. The number of rotatable bonds is 4. The van der Waals surface area contributed by atoms with E-state index in [0.717, 1.165) is 31.5 Å². The van der Waals surface area contributed by atoms with Gasteiger partial charge in [-0.05, 0) is 25.0 Å². The van der Waals surface area contributed by atoms with Gasteiger partial charge in [-0.2, -0.15) is 0 Å². The summed E-state index contributed by atoms with van der Waals surface area (Å²) >= 11 is 1.33. The Morgan fingerprint density at radius 2 is 1.92 bits per heavy atom. The molecule has 1 amide bonds. The number of likely N-dealkylation sites (tertiary alicyclic amines) is 1. The first-order valence-electron chi connectivity index (χ1n) is 8.27. The molecule has 24 heavy (non-hydrogen) atoms. The second-order valence-electron chi connectivity index (χ2n) is 5.86. The van der Waals surface area contributed by atoms with Crippen molar-refractivity contribution in [2.45, 2.75) is 37.3 Å². The average Bonchev–Trinajstić information content (AvgIpc) is 2.94. The van der Waals surface area contributed by atoms with E-state index in [9.17, 15) is 4.79 Å². The number of nitrogens with two attached hydrogens (primary N) is 1. The van der Waals surface area contributed by atoms with Crippen LogP contribution in [0, 0.1) is 0 Å². The number of amides is 1. The molecular formula is C16H22N6OS. The molecule has 1 aliphatic rings. The monoisotopic (exact) mass is 346 g/mol. The number of nitrogens with zero attached hydrogens (tertiary/aromatic N) is 5. The molecule has 1 aliphatic heterocycles. The van der Waals surface area contributed by atoms with Crippen molar-refractivity contribution >= 4 is 17.7 Å². The third-order valence-corrected chi connectivity index (χ3v) is 5.05. The zero-order valence-electron chi connectivity index (χ0n) is 13.6. The fraction of sp³-hybridized carbons (Fsp3) is 0.500. The molecule has 0 bridgehead atoms. The standard InChI is InChI=1S/C16H22N6OS/c17-22-15(13-7-6-8-18-11-13)19-20-16(22)24-12-14(23)21-9-4-2-1-3-5-10-21/h6-8,11H,1-5,9-10,12,17H2. The summed E-state index contributed by atoms with van der Waals surface area (Å²) in [6.45, 7) is 1.71. The summed E-state index contributed by atoms with van der Waals surface area (Å²) in [5.74, 6) is 7.09. The first-order chi connectivity index (χ1) is 11.8. The highest BCUT2D eigenvalue weighted by Crippen LogP contribution is 2.21. The van der Waals surface area contributed by atoms with E-state index in [4.69, 9.17) is 5.84 Å². The number of carbonyl (C=O) groups excluding carboxylic acids is 1. The normalized spacial score (nSPS) is 15.8. The first-order valence-corrected chi connectivity index (χ1v) is 9.26. The van der Waals surface area contributed by atoms with E-state index in [1.165, 1.54) is 35.7 Å². The highest BCUT2D eigenvalue weighted by atomic mass is 32.2. The average molecular weight is 346 g/mol. The minimum atomic E-state index is 0.146. The number of nitrogen functional groups attached to an aromatic ring is 1. The fourth-order valence-electron chi connectivity index (χ4n) is 2.78. The molecule has 0 spiro atoms. The molecule has 0 aliphatic carbocycles. The Morgan fingerprint density at radius 1 is 1.17 bits per heavy atom. The number of aromatic nitrogens is 4. The quantitative estimate of drug-likeness (QED) is 0.672. The summed E-state index contributed by atoms with van der Waals surface area (Å²) < 4.78 is 1.42. The van der Waals surface area contributed by atoms with E-state index < -0.39 is 0 Å². The van der Waals surface area contributed by atoms with E-state index in [-0.39, 0.29) is 5.91 Å².